The maximum absolute atomic E-state index is 12.0. The van der Waals surface area contributed by atoms with E-state index in [0.717, 1.165) is 31.4 Å². The quantitative estimate of drug-likeness (QED) is 0.676. The fraction of sp³-hybridized carbons (Fsp3) is 0.600. The molecule has 0 aliphatic carbocycles. The highest BCUT2D eigenvalue weighted by atomic mass is 32.2. The van der Waals surface area contributed by atoms with E-state index in [-0.39, 0.29) is 0 Å². The second-order valence-corrected chi connectivity index (χ2v) is 6.48. The molecule has 0 heterocycles. The summed E-state index contributed by atoms with van der Waals surface area (Å²) in [5.41, 5.74) is 1.13. The third-order valence-corrected chi connectivity index (χ3v) is 4.52. The lowest BCUT2D eigenvalue weighted by Gasteiger charge is -2.08. The Kier molecular flexibility index (Phi) is 7.80. The predicted molar refractivity (Wildman–Crippen MR) is 81.4 cm³/mol. The van der Waals surface area contributed by atoms with Gasteiger partial charge in [-0.05, 0) is 37.0 Å². The Balaban J connectivity index is 2.33. The van der Waals surface area contributed by atoms with Crippen LogP contribution in [0.25, 0.3) is 0 Å². The van der Waals surface area contributed by atoms with Gasteiger partial charge in [0, 0.05) is 19.8 Å². The summed E-state index contributed by atoms with van der Waals surface area (Å²) in [4.78, 5) is 0.321. The van der Waals surface area contributed by atoms with E-state index < -0.39 is 10.0 Å². The van der Waals surface area contributed by atoms with Gasteiger partial charge in [-0.2, -0.15) is 0 Å². The SMILES string of the molecule is CCCCOCCCNS(=O)(=O)c1ccc(CC)cc1. The summed E-state index contributed by atoms with van der Waals surface area (Å²) in [5.74, 6) is 0. The molecule has 1 aromatic carbocycles. The van der Waals surface area contributed by atoms with Crippen molar-refractivity contribution in [3.05, 3.63) is 29.8 Å². The summed E-state index contributed by atoms with van der Waals surface area (Å²) < 4.78 is 32.0. The van der Waals surface area contributed by atoms with Crippen molar-refractivity contribution in [2.45, 2.75) is 44.4 Å². The highest BCUT2D eigenvalue weighted by Crippen LogP contribution is 2.10. The first-order valence-corrected chi connectivity index (χ1v) is 8.74. The largest absolute Gasteiger partial charge is 0.381 e. The van der Waals surface area contributed by atoms with Crippen molar-refractivity contribution in [3.63, 3.8) is 0 Å². The molecule has 0 unspecified atom stereocenters. The normalized spacial score (nSPS) is 11.7. The van der Waals surface area contributed by atoms with Gasteiger partial charge in [0.1, 0.15) is 0 Å². The Hall–Kier alpha value is -0.910. The lowest BCUT2D eigenvalue weighted by Crippen LogP contribution is -2.25. The molecular weight excluding hydrogens is 274 g/mol. The first-order chi connectivity index (χ1) is 9.60. The van der Waals surface area contributed by atoms with Crippen LogP contribution in [0.15, 0.2) is 29.2 Å². The summed E-state index contributed by atoms with van der Waals surface area (Å²) >= 11 is 0. The van der Waals surface area contributed by atoms with Crippen LogP contribution in [0, 0.1) is 0 Å². The van der Waals surface area contributed by atoms with Gasteiger partial charge in [-0.3, -0.25) is 0 Å². The van der Waals surface area contributed by atoms with Crippen LogP contribution in [0.1, 0.15) is 38.7 Å². The fourth-order valence-electron chi connectivity index (χ4n) is 1.72. The van der Waals surface area contributed by atoms with Crippen molar-refractivity contribution in [1.82, 2.24) is 4.72 Å². The zero-order valence-electron chi connectivity index (χ0n) is 12.4. The molecule has 20 heavy (non-hydrogen) atoms. The highest BCUT2D eigenvalue weighted by molar-refractivity contribution is 7.89. The second-order valence-electron chi connectivity index (χ2n) is 4.71. The minimum atomic E-state index is -3.39. The molecule has 4 nitrogen and oxygen atoms in total. The third-order valence-electron chi connectivity index (χ3n) is 3.04. The van der Waals surface area contributed by atoms with Crippen LogP contribution in [-0.2, 0) is 21.2 Å². The molecule has 1 rings (SSSR count). The molecule has 0 bridgehead atoms. The summed E-state index contributed by atoms with van der Waals surface area (Å²) in [6.07, 6.45) is 3.76. The monoisotopic (exact) mass is 299 g/mol. The zero-order chi connectivity index (χ0) is 14.8. The molecule has 5 heteroatoms. The maximum Gasteiger partial charge on any atom is 0.240 e. The van der Waals surface area contributed by atoms with E-state index in [2.05, 4.69) is 11.6 Å². The van der Waals surface area contributed by atoms with E-state index in [1.165, 1.54) is 0 Å². The number of unbranched alkanes of at least 4 members (excludes halogenated alkanes) is 1. The van der Waals surface area contributed by atoms with Crippen LogP contribution < -0.4 is 4.72 Å². The molecule has 0 saturated carbocycles. The molecule has 0 spiro atoms. The second kappa shape index (κ2) is 9.10. The van der Waals surface area contributed by atoms with Crippen LogP contribution in [0.3, 0.4) is 0 Å². The number of hydrogen-bond donors (Lipinski definition) is 1. The topological polar surface area (TPSA) is 55.4 Å². The zero-order valence-corrected chi connectivity index (χ0v) is 13.2. The van der Waals surface area contributed by atoms with E-state index in [1.54, 1.807) is 12.1 Å². The molecule has 0 amide bonds. The Morgan fingerprint density at radius 2 is 1.70 bits per heavy atom. The van der Waals surface area contributed by atoms with Crippen LogP contribution >= 0.6 is 0 Å². The van der Waals surface area contributed by atoms with Gasteiger partial charge >= 0.3 is 0 Å². The number of ether oxygens (including phenoxy) is 1. The molecule has 0 saturated heterocycles. The lowest BCUT2D eigenvalue weighted by atomic mass is 10.2. The maximum atomic E-state index is 12.0. The number of hydrogen-bond acceptors (Lipinski definition) is 3. The molecule has 0 fully saturated rings. The lowest BCUT2D eigenvalue weighted by molar-refractivity contribution is 0.130. The Bertz CT molecular complexity index is 468. The van der Waals surface area contributed by atoms with Gasteiger partial charge in [0.25, 0.3) is 0 Å². The molecular formula is C15H25NO3S. The highest BCUT2D eigenvalue weighted by Gasteiger charge is 2.12. The van der Waals surface area contributed by atoms with Gasteiger partial charge in [0.05, 0.1) is 4.90 Å². The van der Waals surface area contributed by atoms with E-state index in [4.69, 9.17) is 4.74 Å². The first-order valence-electron chi connectivity index (χ1n) is 7.26. The van der Waals surface area contributed by atoms with Crippen molar-refractivity contribution >= 4 is 10.0 Å². The van der Waals surface area contributed by atoms with E-state index in [1.807, 2.05) is 19.1 Å². The van der Waals surface area contributed by atoms with Gasteiger partial charge in [0.2, 0.25) is 10.0 Å². The predicted octanol–water partition coefficient (Wildman–Crippen LogP) is 2.73. The van der Waals surface area contributed by atoms with Gasteiger partial charge in [0.15, 0.2) is 0 Å². The van der Waals surface area contributed by atoms with Crippen LogP contribution in [0.5, 0.6) is 0 Å². The van der Waals surface area contributed by atoms with Gasteiger partial charge in [-0.1, -0.05) is 32.4 Å². The first kappa shape index (κ1) is 17.1. The van der Waals surface area contributed by atoms with Crippen molar-refractivity contribution in [2.75, 3.05) is 19.8 Å². The molecule has 0 atom stereocenters. The Morgan fingerprint density at radius 1 is 1.05 bits per heavy atom. The minimum absolute atomic E-state index is 0.321. The van der Waals surface area contributed by atoms with Crippen molar-refractivity contribution in [1.29, 1.82) is 0 Å². The summed E-state index contributed by atoms with van der Waals surface area (Å²) in [5, 5.41) is 0. The third kappa shape index (κ3) is 6.03. The molecule has 0 radical (unpaired) electrons. The number of aryl methyl sites for hydroxylation is 1. The number of sulfonamides is 1. The Morgan fingerprint density at radius 3 is 2.30 bits per heavy atom. The summed E-state index contributed by atoms with van der Waals surface area (Å²) in [6, 6.07) is 7.00. The Labute approximate surface area is 122 Å². The van der Waals surface area contributed by atoms with Crippen molar-refractivity contribution in [2.24, 2.45) is 0 Å². The number of benzene rings is 1. The van der Waals surface area contributed by atoms with E-state index in [0.29, 0.717) is 24.5 Å². The number of nitrogens with one attached hydrogen (secondary N) is 1. The smallest absolute Gasteiger partial charge is 0.240 e. The van der Waals surface area contributed by atoms with Gasteiger partial charge < -0.3 is 4.74 Å². The minimum Gasteiger partial charge on any atom is -0.381 e. The molecule has 0 aliphatic heterocycles. The molecule has 114 valence electrons. The summed E-state index contributed by atoms with van der Waals surface area (Å²) in [6.45, 7) is 5.91. The van der Waals surface area contributed by atoms with Crippen molar-refractivity contribution in [3.8, 4) is 0 Å². The van der Waals surface area contributed by atoms with Gasteiger partial charge in [-0.15, -0.1) is 0 Å². The van der Waals surface area contributed by atoms with Crippen LogP contribution in [0.2, 0.25) is 0 Å². The standard InChI is InChI=1S/C15H25NO3S/c1-3-5-12-19-13-6-11-16-20(17,18)15-9-7-14(4-2)8-10-15/h7-10,16H,3-6,11-13H2,1-2H3. The van der Waals surface area contributed by atoms with Crippen LogP contribution in [-0.4, -0.2) is 28.2 Å². The van der Waals surface area contributed by atoms with Crippen molar-refractivity contribution < 1.29 is 13.2 Å². The molecule has 0 aromatic heterocycles. The van der Waals surface area contributed by atoms with E-state index in [9.17, 15) is 8.42 Å². The summed E-state index contributed by atoms with van der Waals surface area (Å²) in [7, 11) is -3.39. The van der Waals surface area contributed by atoms with Gasteiger partial charge in [-0.25, -0.2) is 13.1 Å². The molecule has 1 N–H and O–H groups in total. The number of rotatable bonds is 10. The molecule has 0 aliphatic rings. The average Bonchev–Trinajstić information content (AvgIpc) is 2.46. The molecule has 1 aromatic rings. The average molecular weight is 299 g/mol. The van der Waals surface area contributed by atoms with E-state index >= 15 is 0 Å². The van der Waals surface area contributed by atoms with Crippen LogP contribution in [0.4, 0.5) is 0 Å². The fourth-order valence-corrected chi connectivity index (χ4v) is 2.79.